The summed E-state index contributed by atoms with van der Waals surface area (Å²) in [6.07, 6.45) is 3.43. The number of rotatable bonds is 10. The molecule has 186 valence electrons. The molecule has 0 saturated heterocycles. The third kappa shape index (κ3) is 6.83. The molecule has 0 aromatic heterocycles. The van der Waals surface area contributed by atoms with Crippen LogP contribution in [0.4, 0.5) is 0 Å². The standard InChI is InChI=1S/C26H30N2O4S3/c1-5-9-26(22(4)27-34(29,30)24-16-12-20(2)13-17-24)28(33-23-10-7-6-8-11-23)35(31,32)25-18-14-21(3)15-19-25/h5-19,22,26-27H,1-4H3/b9-5+/t22-,26-/m1/s1. The lowest BCUT2D eigenvalue weighted by Crippen LogP contribution is -2.48. The lowest BCUT2D eigenvalue weighted by atomic mass is 10.1. The van der Waals surface area contributed by atoms with Crippen molar-refractivity contribution in [2.75, 3.05) is 0 Å². The van der Waals surface area contributed by atoms with Crippen LogP contribution in [0.1, 0.15) is 25.0 Å². The molecule has 0 bridgehead atoms. The summed E-state index contributed by atoms with van der Waals surface area (Å²) in [4.78, 5) is 0.971. The van der Waals surface area contributed by atoms with Gasteiger partial charge in [-0.2, -0.15) is 0 Å². The molecule has 0 unspecified atom stereocenters. The summed E-state index contributed by atoms with van der Waals surface area (Å²) in [7, 11) is -7.87. The van der Waals surface area contributed by atoms with Gasteiger partial charge in [0.2, 0.25) is 10.0 Å². The van der Waals surface area contributed by atoms with Crippen LogP contribution < -0.4 is 4.72 Å². The van der Waals surface area contributed by atoms with Gasteiger partial charge in [0.1, 0.15) is 0 Å². The second kappa shape index (κ2) is 11.5. The van der Waals surface area contributed by atoms with E-state index in [0.717, 1.165) is 23.1 Å². The molecule has 0 saturated carbocycles. The van der Waals surface area contributed by atoms with Crippen LogP contribution in [-0.4, -0.2) is 32.6 Å². The van der Waals surface area contributed by atoms with Crippen molar-refractivity contribution < 1.29 is 16.8 Å². The van der Waals surface area contributed by atoms with Gasteiger partial charge in [0.25, 0.3) is 10.0 Å². The summed E-state index contributed by atoms with van der Waals surface area (Å²) in [5, 5.41) is 0. The number of nitrogens with zero attached hydrogens (tertiary/aromatic N) is 1. The van der Waals surface area contributed by atoms with E-state index in [1.165, 1.54) is 15.8 Å². The fraction of sp³-hybridized carbons (Fsp3) is 0.231. The highest BCUT2D eigenvalue weighted by molar-refractivity contribution is 8.08. The van der Waals surface area contributed by atoms with E-state index in [1.807, 2.05) is 44.2 Å². The summed E-state index contributed by atoms with van der Waals surface area (Å²) < 4.78 is 57.8. The molecule has 35 heavy (non-hydrogen) atoms. The third-order valence-electron chi connectivity index (χ3n) is 5.31. The second-order valence-electron chi connectivity index (χ2n) is 8.22. The Labute approximate surface area is 213 Å². The first-order valence-electron chi connectivity index (χ1n) is 11.1. The SMILES string of the molecule is C/C=C/[C@H]([C@@H](C)NS(=O)(=O)c1ccc(C)cc1)N(Sc1ccccc1)S(=O)(=O)c1ccc(C)cc1. The predicted molar refractivity (Wildman–Crippen MR) is 142 cm³/mol. The minimum Gasteiger partial charge on any atom is -0.207 e. The summed E-state index contributed by atoms with van der Waals surface area (Å²) in [5.74, 6) is 0. The summed E-state index contributed by atoms with van der Waals surface area (Å²) in [6, 6.07) is 20.7. The maximum atomic E-state index is 13.8. The molecule has 3 aromatic carbocycles. The third-order valence-corrected chi connectivity index (χ3v) is 10.2. The van der Waals surface area contributed by atoms with Crippen molar-refractivity contribution in [3.05, 3.63) is 102 Å². The predicted octanol–water partition coefficient (Wildman–Crippen LogP) is 5.31. The van der Waals surface area contributed by atoms with Crippen LogP contribution in [0.5, 0.6) is 0 Å². The molecule has 0 aliphatic carbocycles. The van der Waals surface area contributed by atoms with Crippen molar-refractivity contribution >= 4 is 32.0 Å². The molecule has 0 aliphatic rings. The van der Waals surface area contributed by atoms with E-state index >= 15 is 0 Å². The van der Waals surface area contributed by atoms with Gasteiger partial charge in [-0.05, 0) is 76.0 Å². The highest BCUT2D eigenvalue weighted by Gasteiger charge is 2.36. The Bertz CT molecular complexity index is 1350. The van der Waals surface area contributed by atoms with Gasteiger partial charge in [0.05, 0.1) is 15.8 Å². The van der Waals surface area contributed by atoms with Crippen LogP contribution in [-0.2, 0) is 20.0 Å². The van der Waals surface area contributed by atoms with Crippen LogP contribution in [0, 0.1) is 13.8 Å². The summed E-state index contributed by atoms with van der Waals surface area (Å²) in [6.45, 7) is 7.21. The number of hydrogen-bond donors (Lipinski definition) is 1. The number of nitrogens with one attached hydrogen (secondary N) is 1. The van der Waals surface area contributed by atoms with Crippen LogP contribution in [0.25, 0.3) is 0 Å². The zero-order valence-electron chi connectivity index (χ0n) is 20.1. The van der Waals surface area contributed by atoms with E-state index in [-0.39, 0.29) is 9.79 Å². The number of allylic oxidation sites excluding steroid dienone is 1. The van der Waals surface area contributed by atoms with Gasteiger partial charge in [-0.1, -0.05) is 65.7 Å². The highest BCUT2D eigenvalue weighted by atomic mass is 32.3. The molecule has 0 radical (unpaired) electrons. The van der Waals surface area contributed by atoms with E-state index in [2.05, 4.69) is 4.72 Å². The molecule has 0 spiro atoms. The van der Waals surface area contributed by atoms with Crippen LogP contribution in [0.3, 0.4) is 0 Å². The fourth-order valence-electron chi connectivity index (χ4n) is 3.39. The first kappa shape index (κ1) is 27.2. The Hall–Kier alpha value is -2.43. The number of hydrogen-bond acceptors (Lipinski definition) is 5. The van der Waals surface area contributed by atoms with Gasteiger partial charge in [-0.3, -0.25) is 0 Å². The minimum absolute atomic E-state index is 0.123. The van der Waals surface area contributed by atoms with E-state index in [1.54, 1.807) is 62.4 Å². The average molecular weight is 531 g/mol. The van der Waals surface area contributed by atoms with Gasteiger partial charge in [-0.15, -0.1) is 3.71 Å². The van der Waals surface area contributed by atoms with Crippen molar-refractivity contribution in [1.29, 1.82) is 0 Å². The zero-order chi connectivity index (χ0) is 25.6. The largest absolute Gasteiger partial charge is 0.253 e. The Kier molecular flexibility index (Phi) is 8.95. The van der Waals surface area contributed by atoms with Crippen molar-refractivity contribution in [2.45, 2.75) is 54.5 Å². The zero-order valence-corrected chi connectivity index (χ0v) is 22.6. The Morgan fingerprint density at radius 2 is 1.31 bits per heavy atom. The fourth-order valence-corrected chi connectivity index (χ4v) is 7.68. The van der Waals surface area contributed by atoms with Crippen molar-refractivity contribution in [2.24, 2.45) is 0 Å². The molecule has 1 N–H and O–H groups in total. The molecule has 3 rings (SSSR count). The number of sulfonamides is 2. The quantitative estimate of drug-likeness (QED) is 0.284. The van der Waals surface area contributed by atoms with Gasteiger partial charge in [0, 0.05) is 10.9 Å². The lowest BCUT2D eigenvalue weighted by molar-refractivity contribution is 0.439. The minimum atomic E-state index is -4.00. The normalized spacial score (nSPS) is 14.3. The first-order valence-corrected chi connectivity index (χ1v) is 14.8. The molecule has 0 aliphatic heterocycles. The van der Waals surface area contributed by atoms with Crippen LogP contribution in [0.2, 0.25) is 0 Å². The monoisotopic (exact) mass is 530 g/mol. The maximum Gasteiger partial charge on any atom is 0.253 e. The smallest absolute Gasteiger partial charge is 0.207 e. The van der Waals surface area contributed by atoms with Crippen LogP contribution >= 0.6 is 11.9 Å². The van der Waals surface area contributed by atoms with E-state index in [4.69, 9.17) is 0 Å². The number of aryl methyl sites for hydroxylation is 2. The van der Waals surface area contributed by atoms with E-state index in [9.17, 15) is 16.8 Å². The Morgan fingerprint density at radius 1 is 0.800 bits per heavy atom. The van der Waals surface area contributed by atoms with Crippen molar-refractivity contribution in [1.82, 2.24) is 8.43 Å². The molecular formula is C26H30N2O4S3. The molecule has 0 fully saturated rings. The number of benzene rings is 3. The van der Waals surface area contributed by atoms with E-state index in [0.29, 0.717) is 4.90 Å². The van der Waals surface area contributed by atoms with Crippen molar-refractivity contribution in [3.63, 3.8) is 0 Å². The molecule has 6 nitrogen and oxygen atoms in total. The molecule has 3 aromatic rings. The lowest BCUT2D eigenvalue weighted by Gasteiger charge is -2.32. The average Bonchev–Trinajstić information content (AvgIpc) is 2.82. The molecule has 0 amide bonds. The van der Waals surface area contributed by atoms with E-state index < -0.39 is 32.1 Å². The molecule has 2 atom stereocenters. The van der Waals surface area contributed by atoms with Crippen molar-refractivity contribution in [3.8, 4) is 0 Å². The van der Waals surface area contributed by atoms with Gasteiger partial charge < -0.3 is 0 Å². The van der Waals surface area contributed by atoms with Gasteiger partial charge >= 0.3 is 0 Å². The Balaban J connectivity index is 2.03. The Morgan fingerprint density at radius 3 is 1.83 bits per heavy atom. The van der Waals surface area contributed by atoms with Gasteiger partial charge in [-0.25, -0.2) is 21.6 Å². The van der Waals surface area contributed by atoms with Crippen LogP contribution in [0.15, 0.2) is 106 Å². The first-order chi connectivity index (χ1) is 16.5. The highest BCUT2D eigenvalue weighted by Crippen LogP contribution is 2.33. The molecular weight excluding hydrogens is 500 g/mol. The molecule has 9 heteroatoms. The maximum absolute atomic E-state index is 13.8. The molecule has 0 heterocycles. The second-order valence-corrected chi connectivity index (χ2v) is 13.0. The summed E-state index contributed by atoms with van der Waals surface area (Å²) >= 11 is 1.05. The van der Waals surface area contributed by atoms with Gasteiger partial charge in [0.15, 0.2) is 0 Å². The topological polar surface area (TPSA) is 83.6 Å². The summed E-state index contributed by atoms with van der Waals surface area (Å²) in [5.41, 5.74) is 1.88.